The Labute approximate surface area is 86.1 Å². The zero-order valence-electron chi connectivity index (χ0n) is 7.90. The molecule has 0 aliphatic carbocycles. The Bertz CT molecular complexity index is 489. The van der Waals surface area contributed by atoms with E-state index >= 15 is 0 Å². The van der Waals surface area contributed by atoms with Gasteiger partial charge in [0, 0.05) is 5.56 Å². The van der Waals surface area contributed by atoms with Crippen molar-refractivity contribution in [2.45, 2.75) is 0 Å². The minimum Gasteiger partial charge on any atom is -0.382 e. The van der Waals surface area contributed by atoms with Gasteiger partial charge in [0.05, 0.1) is 0 Å². The standard InChI is InChI=1S/C10H10N4O/c11-8-7(9(12)15)13-10(14-8)6-4-2-1-3-5-6/h1-5H,11H2,(H2,12,15)(H,13,14). The average molecular weight is 202 g/mol. The number of nitrogens with two attached hydrogens (primary N) is 2. The van der Waals surface area contributed by atoms with Gasteiger partial charge >= 0.3 is 0 Å². The molecule has 0 spiro atoms. The lowest BCUT2D eigenvalue weighted by atomic mass is 10.2. The molecule has 0 fully saturated rings. The number of primary amides is 1. The number of aromatic nitrogens is 2. The number of hydrogen-bond donors (Lipinski definition) is 3. The van der Waals surface area contributed by atoms with E-state index in [2.05, 4.69) is 9.97 Å². The molecule has 5 heteroatoms. The Morgan fingerprint density at radius 3 is 2.47 bits per heavy atom. The van der Waals surface area contributed by atoms with Crippen molar-refractivity contribution in [2.75, 3.05) is 5.73 Å². The van der Waals surface area contributed by atoms with Gasteiger partial charge in [-0.15, -0.1) is 0 Å². The summed E-state index contributed by atoms with van der Waals surface area (Å²) in [6.45, 7) is 0. The van der Waals surface area contributed by atoms with Gasteiger partial charge in [0.2, 0.25) is 0 Å². The van der Waals surface area contributed by atoms with Crippen molar-refractivity contribution in [1.82, 2.24) is 9.97 Å². The highest BCUT2D eigenvalue weighted by Gasteiger charge is 2.12. The van der Waals surface area contributed by atoms with E-state index in [1.54, 1.807) is 0 Å². The molecule has 0 bridgehead atoms. The molecule has 0 atom stereocenters. The van der Waals surface area contributed by atoms with Crippen LogP contribution in [0.4, 0.5) is 5.82 Å². The number of rotatable bonds is 2. The first-order valence-electron chi connectivity index (χ1n) is 4.39. The first-order valence-corrected chi connectivity index (χ1v) is 4.39. The van der Waals surface area contributed by atoms with Gasteiger partial charge in [0.25, 0.3) is 5.91 Å². The van der Waals surface area contributed by atoms with Crippen LogP contribution in [0.25, 0.3) is 11.4 Å². The van der Waals surface area contributed by atoms with E-state index in [0.29, 0.717) is 5.82 Å². The second kappa shape index (κ2) is 3.45. The Balaban J connectivity index is 2.48. The van der Waals surface area contributed by atoms with Gasteiger partial charge in [-0.3, -0.25) is 4.79 Å². The van der Waals surface area contributed by atoms with E-state index in [1.807, 2.05) is 30.3 Å². The molecule has 5 N–H and O–H groups in total. The highest BCUT2D eigenvalue weighted by molar-refractivity contribution is 5.96. The summed E-state index contributed by atoms with van der Waals surface area (Å²) in [5, 5.41) is 0. The smallest absolute Gasteiger partial charge is 0.269 e. The number of imidazole rings is 1. The molecule has 1 heterocycles. The van der Waals surface area contributed by atoms with E-state index in [1.165, 1.54) is 0 Å². The van der Waals surface area contributed by atoms with Gasteiger partial charge in [-0.2, -0.15) is 0 Å². The highest BCUT2D eigenvalue weighted by atomic mass is 16.1. The molecule has 0 saturated carbocycles. The van der Waals surface area contributed by atoms with E-state index in [9.17, 15) is 4.79 Å². The lowest BCUT2D eigenvalue weighted by molar-refractivity contribution is 0.0997. The molecule has 0 aliphatic rings. The van der Waals surface area contributed by atoms with Gasteiger partial charge in [-0.05, 0) is 0 Å². The lowest BCUT2D eigenvalue weighted by Gasteiger charge is -1.93. The van der Waals surface area contributed by atoms with Crippen molar-refractivity contribution in [2.24, 2.45) is 5.73 Å². The third kappa shape index (κ3) is 1.67. The molecule has 15 heavy (non-hydrogen) atoms. The number of amides is 1. The van der Waals surface area contributed by atoms with Crippen LogP contribution in [0, 0.1) is 0 Å². The molecule has 0 aliphatic heterocycles. The molecule has 0 radical (unpaired) electrons. The van der Waals surface area contributed by atoms with Gasteiger partial charge in [0.1, 0.15) is 11.5 Å². The molecular weight excluding hydrogens is 192 g/mol. The fraction of sp³-hybridized carbons (Fsp3) is 0. The number of nitrogens with zero attached hydrogens (tertiary/aromatic N) is 1. The molecule has 2 aromatic rings. The predicted octanol–water partition coefficient (Wildman–Crippen LogP) is 0.758. The SMILES string of the molecule is NC(=O)c1[nH]c(-c2ccccc2)nc1N. The van der Waals surface area contributed by atoms with Crippen molar-refractivity contribution < 1.29 is 4.79 Å². The first kappa shape index (κ1) is 9.26. The fourth-order valence-corrected chi connectivity index (χ4v) is 1.31. The maximum absolute atomic E-state index is 10.9. The van der Waals surface area contributed by atoms with Crippen molar-refractivity contribution in [3.05, 3.63) is 36.0 Å². The van der Waals surface area contributed by atoms with Crippen molar-refractivity contribution in [3.63, 3.8) is 0 Å². The molecule has 2 rings (SSSR count). The summed E-state index contributed by atoms with van der Waals surface area (Å²) in [5.41, 5.74) is 11.7. The summed E-state index contributed by atoms with van der Waals surface area (Å²) in [6.07, 6.45) is 0. The van der Waals surface area contributed by atoms with Crippen LogP contribution in [0.3, 0.4) is 0 Å². The third-order valence-corrected chi connectivity index (χ3v) is 2.03. The number of benzene rings is 1. The second-order valence-electron chi connectivity index (χ2n) is 3.08. The molecule has 0 saturated heterocycles. The first-order chi connectivity index (χ1) is 7.18. The summed E-state index contributed by atoms with van der Waals surface area (Å²) >= 11 is 0. The Kier molecular flexibility index (Phi) is 2.13. The lowest BCUT2D eigenvalue weighted by Crippen LogP contribution is -2.13. The minimum atomic E-state index is -0.609. The third-order valence-electron chi connectivity index (χ3n) is 2.03. The predicted molar refractivity (Wildman–Crippen MR) is 57.0 cm³/mol. The average Bonchev–Trinajstić information content (AvgIpc) is 2.62. The number of carbonyl (C=O) groups is 1. The number of carbonyl (C=O) groups excluding carboxylic acids is 1. The maximum atomic E-state index is 10.9. The zero-order chi connectivity index (χ0) is 10.8. The fourth-order valence-electron chi connectivity index (χ4n) is 1.31. The molecule has 1 aromatic carbocycles. The number of nitrogens with one attached hydrogen (secondary N) is 1. The van der Waals surface area contributed by atoms with E-state index in [4.69, 9.17) is 11.5 Å². The topological polar surface area (TPSA) is 97.8 Å². The Morgan fingerprint density at radius 1 is 1.27 bits per heavy atom. The van der Waals surface area contributed by atoms with E-state index < -0.39 is 5.91 Å². The number of aromatic amines is 1. The summed E-state index contributed by atoms with van der Waals surface area (Å²) in [5.74, 6) is 0.0606. The van der Waals surface area contributed by atoms with Gasteiger partial charge in [0.15, 0.2) is 5.82 Å². The van der Waals surface area contributed by atoms with Gasteiger partial charge < -0.3 is 16.5 Å². The van der Waals surface area contributed by atoms with Crippen LogP contribution in [-0.2, 0) is 0 Å². The number of anilines is 1. The Morgan fingerprint density at radius 2 is 1.93 bits per heavy atom. The van der Waals surface area contributed by atoms with E-state index in [0.717, 1.165) is 5.56 Å². The van der Waals surface area contributed by atoms with Gasteiger partial charge in [-0.25, -0.2) is 4.98 Å². The Hall–Kier alpha value is -2.30. The summed E-state index contributed by atoms with van der Waals surface area (Å²) in [4.78, 5) is 17.7. The maximum Gasteiger partial charge on any atom is 0.269 e. The van der Waals surface area contributed by atoms with Crippen LogP contribution in [-0.4, -0.2) is 15.9 Å². The van der Waals surface area contributed by atoms with Crippen molar-refractivity contribution >= 4 is 11.7 Å². The van der Waals surface area contributed by atoms with Crippen molar-refractivity contribution in [1.29, 1.82) is 0 Å². The zero-order valence-corrected chi connectivity index (χ0v) is 7.90. The molecule has 76 valence electrons. The van der Waals surface area contributed by atoms with Crippen LogP contribution in [0.1, 0.15) is 10.5 Å². The quantitative estimate of drug-likeness (QED) is 0.670. The highest BCUT2D eigenvalue weighted by Crippen LogP contribution is 2.18. The molecular formula is C10H10N4O. The molecule has 1 aromatic heterocycles. The van der Waals surface area contributed by atoms with Crippen molar-refractivity contribution in [3.8, 4) is 11.4 Å². The molecule has 5 nitrogen and oxygen atoms in total. The minimum absolute atomic E-state index is 0.126. The van der Waals surface area contributed by atoms with Crippen LogP contribution in [0.5, 0.6) is 0 Å². The second-order valence-corrected chi connectivity index (χ2v) is 3.08. The molecule has 0 unspecified atom stereocenters. The largest absolute Gasteiger partial charge is 0.382 e. The number of hydrogen-bond acceptors (Lipinski definition) is 3. The number of H-pyrrole nitrogens is 1. The van der Waals surface area contributed by atoms with Gasteiger partial charge in [-0.1, -0.05) is 30.3 Å². The summed E-state index contributed by atoms with van der Waals surface area (Å²) < 4.78 is 0. The van der Waals surface area contributed by atoms with Crippen LogP contribution >= 0.6 is 0 Å². The summed E-state index contributed by atoms with van der Waals surface area (Å²) in [7, 11) is 0. The molecule has 1 amide bonds. The van der Waals surface area contributed by atoms with Crippen LogP contribution in [0.2, 0.25) is 0 Å². The van der Waals surface area contributed by atoms with Crippen LogP contribution < -0.4 is 11.5 Å². The normalized spacial score (nSPS) is 10.1. The monoisotopic (exact) mass is 202 g/mol. The van der Waals surface area contributed by atoms with E-state index in [-0.39, 0.29) is 11.5 Å². The van der Waals surface area contributed by atoms with Crippen LogP contribution in [0.15, 0.2) is 30.3 Å². The summed E-state index contributed by atoms with van der Waals surface area (Å²) in [6, 6.07) is 9.37. The number of nitrogen functional groups attached to an aromatic ring is 1.